The van der Waals surface area contributed by atoms with Gasteiger partial charge in [0.1, 0.15) is 17.3 Å². The highest BCUT2D eigenvalue weighted by Gasteiger charge is 2.23. The van der Waals surface area contributed by atoms with Crippen LogP contribution in [0.25, 0.3) is 0 Å². The van der Waals surface area contributed by atoms with Crippen LogP contribution in [0.1, 0.15) is 38.2 Å². The minimum atomic E-state index is -0.704. The van der Waals surface area contributed by atoms with Crippen molar-refractivity contribution in [2.24, 2.45) is 0 Å². The highest BCUT2D eigenvalue weighted by atomic mass is 16.6. The van der Waals surface area contributed by atoms with Gasteiger partial charge in [-0.2, -0.15) is 0 Å². The summed E-state index contributed by atoms with van der Waals surface area (Å²) in [5.41, 5.74) is -0.259. The fourth-order valence-electron chi connectivity index (χ4n) is 1.10. The van der Waals surface area contributed by atoms with Crippen LogP contribution >= 0.6 is 0 Å². The molecular formula is C11H17N3O3. The number of amides is 1. The normalized spacial score (nSPS) is 12.9. The zero-order chi connectivity index (χ0) is 13.1. The minimum absolute atomic E-state index is 0.306. The monoisotopic (exact) mass is 239 g/mol. The van der Waals surface area contributed by atoms with E-state index in [0.717, 1.165) is 0 Å². The van der Waals surface area contributed by atoms with E-state index in [9.17, 15) is 9.59 Å². The number of H-pyrrole nitrogens is 1. The van der Waals surface area contributed by atoms with Crippen molar-refractivity contribution in [3.8, 4) is 0 Å². The van der Waals surface area contributed by atoms with Crippen molar-refractivity contribution in [3.63, 3.8) is 0 Å². The predicted octanol–water partition coefficient (Wildman–Crippen LogP) is 0.870. The summed E-state index contributed by atoms with van der Waals surface area (Å²) in [5.74, 6) is -0.855. The van der Waals surface area contributed by atoms with E-state index in [4.69, 9.17) is 4.74 Å². The summed E-state index contributed by atoms with van der Waals surface area (Å²) in [4.78, 5) is 29.6. The molecule has 0 aromatic carbocycles. The molecule has 0 aliphatic carbocycles. The number of nitrogens with one attached hydrogen (secondary N) is 2. The summed E-state index contributed by atoms with van der Waals surface area (Å²) >= 11 is 0. The Bertz CT molecular complexity index is 393. The molecule has 0 saturated heterocycles. The first kappa shape index (κ1) is 13.2. The second-order valence-corrected chi connectivity index (χ2v) is 4.69. The van der Waals surface area contributed by atoms with Crippen LogP contribution in [0.2, 0.25) is 0 Å². The molecule has 0 bridgehead atoms. The topological polar surface area (TPSA) is 84.1 Å². The maximum absolute atomic E-state index is 11.6. The first-order chi connectivity index (χ1) is 7.79. The Morgan fingerprint density at radius 2 is 2.12 bits per heavy atom. The van der Waals surface area contributed by atoms with Gasteiger partial charge >= 0.3 is 5.97 Å². The van der Waals surface area contributed by atoms with Crippen molar-refractivity contribution in [2.45, 2.75) is 39.3 Å². The van der Waals surface area contributed by atoms with Crippen molar-refractivity contribution >= 4 is 11.9 Å². The molecule has 0 unspecified atom stereocenters. The summed E-state index contributed by atoms with van der Waals surface area (Å²) in [6, 6.07) is -0.704. The number of aromatic nitrogens is 2. The molecule has 0 aliphatic heterocycles. The summed E-state index contributed by atoms with van der Waals surface area (Å²) in [5, 5.41) is 2.52. The van der Waals surface area contributed by atoms with Gasteiger partial charge in [-0.15, -0.1) is 0 Å². The van der Waals surface area contributed by atoms with Crippen LogP contribution in [0, 0.1) is 0 Å². The van der Waals surface area contributed by atoms with Crippen LogP contribution in [-0.4, -0.2) is 33.5 Å². The van der Waals surface area contributed by atoms with Gasteiger partial charge in [0.2, 0.25) is 0 Å². The Morgan fingerprint density at radius 3 is 2.59 bits per heavy atom. The molecule has 0 radical (unpaired) electrons. The number of carbonyl (C=O) groups excluding carboxylic acids is 2. The van der Waals surface area contributed by atoms with Crippen molar-refractivity contribution in [2.75, 3.05) is 0 Å². The predicted molar refractivity (Wildman–Crippen MR) is 61.4 cm³/mol. The number of rotatable bonds is 3. The molecule has 1 aromatic heterocycles. The quantitative estimate of drug-likeness (QED) is 0.766. The number of aromatic amines is 1. The van der Waals surface area contributed by atoms with Gasteiger partial charge in [0, 0.05) is 0 Å². The summed E-state index contributed by atoms with van der Waals surface area (Å²) in [6.45, 7) is 6.89. The van der Waals surface area contributed by atoms with Crippen LogP contribution < -0.4 is 5.32 Å². The van der Waals surface area contributed by atoms with Gasteiger partial charge in [-0.3, -0.25) is 4.79 Å². The third kappa shape index (κ3) is 4.26. The molecule has 6 nitrogen and oxygen atoms in total. The number of imidazole rings is 1. The van der Waals surface area contributed by atoms with Gasteiger partial charge in [0.15, 0.2) is 0 Å². The Labute approximate surface area is 99.8 Å². The summed E-state index contributed by atoms with van der Waals surface area (Å²) < 4.78 is 5.14. The van der Waals surface area contributed by atoms with E-state index in [-0.39, 0.29) is 5.91 Å². The third-order valence-electron chi connectivity index (χ3n) is 1.85. The highest BCUT2D eigenvalue weighted by Crippen LogP contribution is 2.08. The van der Waals surface area contributed by atoms with E-state index in [1.807, 2.05) is 0 Å². The summed E-state index contributed by atoms with van der Waals surface area (Å²) in [6.07, 6.45) is 2.78. The third-order valence-corrected chi connectivity index (χ3v) is 1.85. The van der Waals surface area contributed by atoms with E-state index in [0.29, 0.717) is 5.69 Å². The lowest BCUT2D eigenvalue weighted by Crippen LogP contribution is -2.42. The number of carbonyl (C=O) groups is 2. The molecule has 1 atom stereocenters. The Morgan fingerprint density at radius 1 is 1.47 bits per heavy atom. The molecule has 0 saturated carbocycles. The van der Waals surface area contributed by atoms with Crippen molar-refractivity contribution in [1.82, 2.24) is 15.3 Å². The Hall–Kier alpha value is -1.85. The van der Waals surface area contributed by atoms with E-state index in [1.165, 1.54) is 12.5 Å². The summed E-state index contributed by atoms with van der Waals surface area (Å²) in [7, 11) is 0. The van der Waals surface area contributed by atoms with Crippen LogP contribution in [0.15, 0.2) is 12.5 Å². The molecule has 0 aliphatic rings. The molecule has 1 rings (SSSR count). The largest absolute Gasteiger partial charge is 0.458 e. The Balaban J connectivity index is 2.52. The van der Waals surface area contributed by atoms with Crippen LogP contribution in [0.3, 0.4) is 0 Å². The number of nitrogens with zero attached hydrogens (tertiary/aromatic N) is 1. The molecule has 6 heteroatoms. The maximum Gasteiger partial charge on any atom is 0.328 e. The zero-order valence-electron chi connectivity index (χ0n) is 10.4. The van der Waals surface area contributed by atoms with Crippen molar-refractivity contribution in [1.29, 1.82) is 0 Å². The standard InChI is InChI=1S/C11H17N3O3/c1-7(10(16)17-11(2,3)4)14-9(15)8-5-12-6-13-8/h5-7H,1-4H3,(H,12,13)(H,14,15)/t7-/m1/s1. The average molecular weight is 239 g/mol. The number of hydrogen-bond donors (Lipinski definition) is 2. The molecule has 17 heavy (non-hydrogen) atoms. The fraction of sp³-hybridized carbons (Fsp3) is 0.545. The number of ether oxygens (including phenoxy) is 1. The van der Waals surface area contributed by atoms with Gasteiger partial charge in [-0.1, -0.05) is 0 Å². The average Bonchev–Trinajstić information content (AvgIpc) is 2.67. The molecule has 0 spiro atoms. The molecule has 0 fully saturated rings. The van der Waals surface area contributed by atoms with E-state index in [1.54, 1.807) is 27.7 Å². The second-order valence-electron chi connectivity index (χ2n) is 4.69. The number of esters is 1. The lowest BCUT2D eigenvalue weighted by Gasteiger charge is -2.22. The Kier molecular flexibility index (Phi) is 3.88. The zero-order valence-corrected chi connectivity index (χ0v) is 10.4. The highest BCUT2D eigenvalue weighted by molar-refractivity contribution is 5.94. The van der Waals surface area contributed by atoms with Gasteiger partial charge in [-0.05, 0) is 27.7 Å². The molecule has 94 valence electrons. The minimum Gasteiger partial charge on any atom is -0.458 e. The van der Waals surface area contributed by atoms with Crippen LogP contribution in [0.4, 0.5) is 0 Å². The van der Waals surface area contributed by atoms with Crippen LogP contribution in [0.5, 0.6) is 0 Å². The first-order valence-corrected chi connectivity index (χ1v) is 5.31. The maximum atomic E-state index is 11.6. The van der Waals surface area contributed by atoms with E-state index in [2.05, 4.69) is 15.3 Å². The van der Waals surface area contributed by atoms with Crippen LogP contribution in [-0.2, 0) is 9.53 Å². The lowest BCUT2D eigenvalue weighted by molar-refractivity contribution is -0.156. The molecular weight excluding hydrogens is 222 g/mol. The van der Waals surface area contributed by atoms with Crippen molar-refractivity contribution in [3.05, 3.63) is 18.2 Å². The SMILES string of the molecule is C[C@@H](NC(=O)c1cnc[nH]1)C(=O)OC(C)(C)C. The number of hydrogen-bond acceptors (Lipinski definition) is 4. The molecule has 2 N–H and O–H groups in total. The molecule has 1 amide bonds. The second kappa shape index (κ2) is 4.99. The van der Waals surface area contributed by atoms with E-state index >= 15 is 0 Å². The van der Waals surface area contributed by atoms with Gasteiger partial charge in [0.25, 0.3) is 5.91 Å². The van der Waals surface area contributed by atoms with Crippen molar-refractivity contribution < 1.29 is 14.3 Å². The van der Waals surface area contributed by atoms with Gasteiger partial charge in [0.05, 0.1) is 12.5 Å². The van der Waals surface area contributed by atoms with Gasteiger partial charge < -0.3 is 15.0 Å². The first-order valence-electron chi connectivity index (χ1n) is 5.31. The lowest BCUT2D eigenvalue weighted by atomic mass is 10.2. The smallest absolute Gasteiger partial charge is 0.328 e. The fourth-order valence-corrected chi connectivity index (χ4v) is 1.10. The molecule has 1 aromatic rings. The molecule has 1 heterocycles. The van der Waals surface area contributed by atoms with E-state index < -0.39 is 17.6 Å². The van der Waals surface area contributed by atoms with Gasteiger partial charge in [-0.25, -0.2) is 9.78 Å².